The molecule has 1 aliphatic heterocycles. The van der Waals surface area contributed by atoms with Crippen LogP contribution in [0.2, 0.25) is 0 Å². The zero-order valence-corrected chi connectivity index (χ0v) is 20.9. The van der Waals surface area contributed by atoms with Crippen LogP contribution in [0.25, 0.3) is 0 Å². The lowest BCUT2D eigenvalue weighted by Gasteiger charge is -2.34. The summed E-state index contributed by atoms with van der Waals surface area (Å²) in [7, 11) is 6.63. The van der Waals surface area contributed by atoms with Crippen LogP contribution in [-0.2, 0) is 16.0 Å². The Hall–Kier alpha value is -1.91. The molecule has 0 aromatic heterocycles. The minimum Gasteiger partial charge on any atom is -0.496 e. The molecule has 1 unspecified atom stereocenters. The maximum atomic E-state index is 12.1. The molecule has 1 aromatic rings. The number of piperidine rings is 1. The molecule has 9 heteroatoms. The van der Waals surface area contributed by atoms with Crippen LogP contribution < -0.4 is 19.5 Å². The van der Waals surface area contributed by atoms with Gasteiger partial charge in [-0.1, -0.05) is 0 Å². The summed E-state index contributed by atoms with van der Waals surface area (Å²) >= 11 is 0. The predicted octanol–water partition coefficient (Wildman–Crippen LogP) is 2.72. The summed E-state index contributed by atoms with van der Waals surface area (Å²) in [4.78, 5) is 18.6. The van der Waals surface area contributed by atoms with Crippen LogP contribution in [0.1, 0.15) is 25.3 Å². The van der Waals surface area contributed by atoms with Crippen molar-refractivity contribution in [3.63, 3.8) is 0 Å². The molecule has 1 aromatic carbocycles. The second kappa shape index (κ2) is 13.4. The summed E-state index contributed by atoms with van der Waals surface area (Å²) in [6.07, 6.45) is 2.47. The molecule has 1 N–H and O–H groups in total. The van der Waals surface area contributed by atoms with E-state index in [0.717, 1.165) is 42.4 Å². The van der Waals surface area contributed by atoms with Gasteiger partial charge >= 0.3 is 5.97 Å². The Morgan fingerprint density at radius 2 is 1.87 bits per heavy atom. The maximum absolute atomic E-state index is 12.1. The highest BCUT2D eigenvalue weighted by atomic mass is 127. The predicted molar refractivity (Wildman–Crippen MR) is 128 cm³/mol. The number of hydrogen-bond acceptors (Lipinski definition) is 6. The van der Waals surface area contributed by atoms with Crippen LogP contribution in [0.3, 0.4) is 0 Å². The molecule has 0 saturated carbocycles. The molecule has 0 radical (unpaired) electrons. The van der Waals surface area contributed by atoms with Gasteiger partial charge in [-0.25, -0.2) is 0 Å². The quantitative estimate of drug-likeness (QED) is 0.237. The number of guanidine groups is 1. The topological polar surface area (TPSA) is 81.6 Å². The van der Waals surface area contributed by atoms with Crippen LogP contribution in [0.5, 0.6) is 17.2 Å². The largest absolute Gasteiger partial charge is 0.496 e. The monoisotopic (exact) mass is 535 g/mol. The lowest BCUT2D eigenvalue weighted by Crippen LogP contribution is -2.48. The third-order valence-electron chi connectivity index (χ3n) is 5.03. The van der Waals surface area contributed by atoms with Gasteiger partial charge < -0.3 is 29.2 Å². The number of nitrogens with zero attached hydrogens (tertiary/aromatic N) is 2. The number of carbonyl (C=O) groups excluding carboxylic acids is 1. The minimum atomic E-state index is -0.125. The molecular formula is C21H34IN3O5. The first kappa shape index (κ1) is 26.1. The summed E-state index contributed by atoms with van der Waals surface area (Å²) in [6.45, 7) is 4.37. The number of hydrogen-bond donors (Lipinski definition) is 1. The van der Waals surface area contributed by atoms with Crippen molar-refractivity contribution in [3.05, 3.63) is 17.7 Å². The SMILES string of the molecule is CCOC(=O)C1CCCN(C(=NC)NCCc2c(OC)cc(OC)cc2OC)C1.I. The normalized spacial score (nSPS) is 16.4. The molecule has 0 amide bonds. The van der Waals surface area contributed by atoms with Crippen LogP contribution >= 0.6 is 24.0 Å². The van der Waals surface area contributed by atoms with Crippen molar-refractivity contribution in [3.8, 4) is 17.2 Å². The number of methoxy groups -OCH3 is 3. The second-order valence-corrected chi connectivity index (χ2v) is 6.77. The number of esters is 1. The lowest BCUT2D eigenvalue weighted by atomic mass is 9.98. The van der Waals surface area contributed by atoms with E-state index in [1.807, 2.05) is 19.1 Å². The Morgan fingerprint density at radius 1 is 1.20 bits per heavy atom. The van der Waals surface area contributed by atoms with Gasteiger partial charge in [-0.2, -0.15) is 0 Å². The summed E-state index contributed by atoms with van der Waals surface area (Å²) in [6, 6.07) is 3.70. The average Bonchev–Trinajstić information content (AvgIpc) is 2.76. The molecule has 1 saturated heterocycles. The van der Waals surface area contributed by atoms with Gasteiger partial charge in [0.1, 0.15) is 17.2 Å². The van der Waals surface area contributed by atoms with Crippen LogP contribution in [0.4, 0.5) is 0 Å². The van der Waals surface area contributed by atoms with E-state index >= 15 is 0 Å². The third-order valence-corrected chi connectivity index (χ3v) is 5.03. The van der Waals surface area contributed by atoms with E-state index in [1.165, 1.54) is 0 Å². The lowest BCUT2D eigenvalue weighted by molar-refractivity contribution is -0.149. The van der Waals surface area contributed by atoms with Gasteiger partial charge in [-0.3, -0.25) is 9.79 Å². The Balaban J connectivity index is 0.00000450. The molecule has 2 rings (SSSR count). The van der Waals surface area contributed by atoms with E-state index in [9.17, 15) is 4.79 Å². The van der Waals surface area contributed by atoms with E-state index in [1.54, 1.807) is 28.4 Å². The molecule has 0 spiro atoms. The first-order valence-electron chi connectivity index (χ1n) is 9.99. The molecular weight excluding hydrogens is 501 g/mol. The Bertz CT molecular complexity index is 689. The highest BCUT2D eigenvalue weighted by Crippen LogP contribution is 2.34. The van der Waals surface area contributed by atoms with Crippen molar-refractivity contribution in [2.45, 2.75) is 26.2 Å². The highest BCUT2D eigenvalue weighted by Gasteiger charge is 2.28. The molecule has 170 valence electrons. The number of rotatable bonds is 8. The number of ether oxygens (including phenoxy) is 4. The fraction of sp³-hybridized carbons (Fsp3) is 0.619. The smallest absolute Gasteiger partial charge is 0.310 e. The zero-order chi connectivity index (χ0) is 21.2. The molecule has 0 bridgehead atoms. The molecule has 8 nitrogen and oxygen atoms in total. The van der Waals surface area contributed by atoms with Crippen molar-refractivity contribution in [2.75, 3.05) is 54.6 Å². The fourth-order valence-corrected chi connectivity index (χ4v) is 3.58. The first-order valence-corrected chi connectivity index (χ1v) is 9.99. The van der Waals surface area contributed by atoms with Crippen molar-refractivity contribution in [1.82, 2.24) is 10.2 Å². The standard InChI is InChI=1S/C21H33N3O5.HI/c1-6-29-20(25)15-8-7-11-24(14-15)21(22-2)23-10-9-17-18(27-4)12-16(26-3)13-19(17)28-5;/h12-13,15H,6-11,14H2,1-5H3,(H,22,23);1H. The summed E-state index contributed by atoms with van der Waals surface area (Å²) in [5.74, 6) is 2.68. The Kier molecular flexibility index (Phi) is 11.7. The van der Waals surface area contributed by atoms with Gasteiger partial charge in [-0.05, 0) is 26.2 Å². The molecule has 1 fully saturated rings. The number of likely N-dealkylation sites (tertiary alicyclic amines) is 1. The molecule has 0 aliphatic carbocycles. The number of carbonyl (C=O) groups is 1. The number of nitrogens with one attached hydrogen (secondary N) is 1. The van der Waals surface area contributed by atoms with Crippen molar-refractivity contribution in [1.29, 1.82) is 0 Å². The molecule has 30 heavy (non-hydrogen) atoms. The van der Waals surface area contributed by atoms with Gasteiger partial charge in [0, 0.05) is 44.4 Å². The molecule has 1 heterocycles. The third kappa shape index (κ3) is 6.82. The van der Waals surface area contributed by atoms with E-state index in [4.69, 9.17) is 18.9 Å². The van der Waals surface area contributed by atoms with E-state index in [-0.39, 0.29) is 35.9 Å². The number of benzene rings is 1. The van der Waals surface area contributed by atoms with Gasteiger partial charge in [0.25, 0.3) is 0 Å². The van der Waals surface area contributed by atoms with E-state index < -0.39 is 0 Å². The zero-order valence-electron chi connectivity index (χ0n) is 18.5. The van der Waals surface area contributed by atoms with Crippen molar-refractivity contribution >= 4 is 35.9 Å². The molecule has 1 aliphatic rings. The summed E-state index contributed by atoms with van der Waals surface area (Å²) in [5.41, 5.74) is 0.960. The van der Waals surface area contributed by atoms with Gasteiger partial charge in [0.05, 0.1) is 33.9 Å². The highest BCUT2D eigenvalue weighted by molar-refractivity contribution is 14.0. The van der Waals surface area contributed by atoms with Gasteiger partial charge in [-0.15, -0.1) is 24.0 Å². The van der Waals surface area contributed by atoms with Gasteiger partial charge in [0.2, 0.25) is 0 Å². The fourth-order valence-electron chi connectivity index (χ4n) is 3.58. The first-order chi connectivity index (χ1) is 14.1. The maximum Gasteiger partial charge on any atom is 0.310 e. The van der Waals surface area contributed by atoms with Crippen molar-refractivity contribution in [2.24, 2.45) is 10.9 Å². The summed E-state index contributed by atoms with van der Waals surface area (Å²) < 4.78 is 21.5. The van der Waals surface area contributed by atoms with Crippen LogP contribution in [0.15, 0.2) is 17.1 Å². The van der Waals surface area contributed by atoms with Gasteiger partial charge in [0.15, 0.2) is 5.96 Å². The van der Waals surface area contributed by atoms with Crippen LogP contribution in [0, 0.1) is 5.92 Å². The average molecular weight is 535 g/mol. The number of aliphatic imine (C=N–C) groups is 1. The van der Waals surface area contributed by atoms with Crippen molar-refractivity contribution < 1.29 is 23.7 Å². The Morgan fingerprint density at radius 3 is 2.40 bits per heavy atom. The summed E-state index contributed by atoms with van der Waals surface area (Å²) in [5, 5.41) is 3.39. The number of halogens is 1. The second-order valence-electron chi connectivity index (χ2n) is 6.77. The minimum absolute atomic E-state index is 0. The van der Waals surface area contributed by atoms with Crippen LogP contribution in [-0.4, -0.2) is 71.4 Å². The Labute approximate surface area is 196 Å². The van der Waals surface area contributed by atoms with E-state index in [2.05, 4.69) is 15.2 Å². The molecule has 1 atom stereocenters. The van der Waals surface area contributed by atoms with E-state index in [0.29, 0.717) is 31.9 Å².